The lowest BCUT2D eigenvalue weighted by Crippen LogP contribution is -2.37. The van der Waals surface area contributed by atoms with Crippen LogP contribution in [-0.4, -0.2) is 13.1 Å². The second-order valence-corrected chi connectivity index (χ2v) is 5.16. The molecule has 84 valence electrons. The summed E-state index contributed by atoms with van der Waals surface area (Å²) in [7, 11) is 2.13. The molecule has 1 rings (SSSR count). The van der Waals surface area contributed by atoms with E-state index >= 15 is 0 Å². The lowest BCUT2D eigenvalue weighted by Gasteiger charge is -2.33. The first-order chi connectivity index (χ1) is 6.70. The van der Waals surface area contributed by atoms with E-state index in [9.17, 15) is 0 Å². The molecule has 1 aliphatic carbocycles. The molecule has 1 nitrogen and oxygen atoms in total. The molecular formula is C13H27N. The smallest absolute Gasteiger partial charge is 0.00949 e. The van der Waals surface area contributed by atoms with Crippen LogP contribution in [0.4, 0.5) is 0 Å². The highest BCUT2D eigenvalue weighted by molar-refractivity contribution is 4.84. The van der Waals surface area contributed by atoms with Gasteiger partial charge in [0.1, 0.15) is 0 Å². The Morgan fingerprint density at radius 1 is 1.21 bits per heavy atom. The highest BCUT2D eigenvalue weighted by Crippen LogP contribution is 2.35. The highest BCUT2D eigenvalue weighted by Gasteiger charge is 2.30. The molecule has 0 heterocycles. The predicted octanol–water partition coefficient (Wildman–Crippen LogP) is 3.45. The third kappa shape index (κ3) is 2.73. The molecular weight excluding hydrogens is 170 g/mol. The SMILES string of the molecule is CCC1C(NC)CCCCC1C(C)C. The second kappa shape index (κ2) is 5.75. The normalized spacial score (nSPS) is 34.5. The maximum Gasteiger partial charge on any atom is 0.00949 e. The van der Waals surface area contributed by atoms with Crippen LogP contribution in [0.25, 0.3) is 0 Å². The van der Waals surface area contributed by atoms with Gasteiger partial charge in [0.25, 0.3) is 0 Å². The van der Waals surface area contributed by atoms with Crippen LogP contribution in [0.1, 0.15) is 52.9 Å². The van der Waals surface area contributed by atoms with Gasteiger partial charge < -0.3 is 5.32 Å². The predicted molar refractivity (Wildman–Crippen MR) is 63.4 cm³/mol. The van der Waals surface area contributed by atoms with Crippen molar-refractivity contribution in [2.24, 2.45) is 17.8 Å². The quantitative estimate of drug-likeness (QED) is 0.683. The van der Waals surface area contributed by atoms with Crippen LogP contribution in [0.5, 0.6) is 0 Å². The van der Waals surface area contributed by atoms with Crippen molar-refractivity contribution in [1.29, 1.82) is 0 Å². The zero-order valence-corrected chi connectivity index (χ0v) is 10.3. The molecule has 1 N–H and O–H groups in total. The zero-order chi connectivity index (χ0) is 10.6. The van der Waals surface area contributed by atoms with Crippen molar-refractivity contribution in [3.05, 3.63) is 0 Å². The minimum absolute atomic E-state index is 0.773. The summed E-state index contributed by atoms with van der Waals surface area (Å²) in [5.41, 5.74) is 0. The van der Waals surface area contributed by atoms with E-state index in [4.69, 9.17) is 0 Å². The minimum atomic E-state index is 0.773. The van der Waals surface area contributed by atoms with E-state index in [0.29, 0.717) is 0 Å². The van der Waals surface area contributed by atoms with Crippen molar-refractivity contribution in [1.82, 2.24) is 5.32 Å². The van der Waals surface area contributed by atoms with E-state index < -0.39 is 0 Å². The largest absolute Gasteiger partial charge is 0.317 e. The van der Waals surface area contributed by atoms with Crippen molar-refractivity contribution < 1.29 is 0 Å². The van der Waals surface area contributed by atoms with Crippen LogP contribution in [0.15, 0.2) is 0 Å². The first-order valence-corrected chi connectivity index (χ1v) is 6.38. The van der Waals surface area contributed by atoms with Crippen LogP contribution >= 0.6 is 0 Å². The summed E-state index contributed by atoms with van der Waals surface area (Å²) in [5, 5.41) is 3.53. The first kappa shape index (κ1) is 12.0. The molecule has 0 aromatic rings. The fourth-order valence-corrected chi connectivity index (χ4v) is 3.24. The van der Waals surface area contributed by atoms with Crippen LogP contribution in [0.3, 0.4) is 0 Å². The van der Waals surface area contributed by atoms with Crippen molar-refractivity contribution >= 4 is 0 Å². The van der Waals surface area contributed by atoms with Crippen LogP contribution in [0.2, 0.25) is 0 Å². The lowest BCUT2D eigenvalue weighted by molar-refractivity contribution is 0.196. The van der Waals surface area contributed by atoms with Crippen molar-refractivity contribution in [3.63, 3.8) is 0 Å². The van der Waals surface area contributed by atoms with Gasteiger partial charge in [-0.15, -0.1) is 0 Å². The van der Waals surface area contributed by atoms with Crippen molar-refractivity contribution in [2.75, 3.05) is 7.05 Å². The summed E-state index contributed by atoms with van der Waals surface area (Å²) in [6.07, 6.45) is 7.05. The van der Waals surface area contributed by atoms with Crippen LogP contribution < -0.4 is 5.32 Å². The topological polar surface area (TPSA) is 12.0 Å². The van der Waals surface area contributed by atoms with E-state index in [2.05, 4.69) is 33.1 Å². The third-order valence-corrected chi connectivity index (χ3v) is 4.07. The summed E-state index contributed by atoms with van der Waals surface area (Å²) >= 11 is 0. The molecule has 1 fully saturated rings. The van der Waals surface area contributed by atoms with E-state index in [1.807, 2.05) is 0 Å². The summed E-state index contributed by atoms with van der Waals surface area (Å²) in [6.45, 7) is 7.15. The van der Waals surface area contributed by atoms with E-state index in [-0.39, 0.29) is 0 Å². The van der Waals surface area contributed by atoms with Gasteiger partial charge >= 0.3 is 0 Å². The molecule has 0 aromatic carbocycles. The molecule has 3 atom stereocenters. The van der Waals surface area contributed by atoms with Gasteiger partial charge in [0.05, 0.1) is 0 Å². The second-order valence-electron chi connectivity index (χ2n) is 5.16. The maximum atomic E-state index is 3.53. The Balaban J connectivity index is 2.69. The van der Waals surface area contributed by atoms with Gasteiger partial charge in [-0.3, -0.25) is 0 Å². The summed E-state index contributed by atoms with van der Waals surface area (Å²) in [6, 6.07) is 0.773. The summed E-state index contributed by atoms with van der Waals surface area (Å²) in [5.74, 6) is 2.70. The molecule has 0 saturated heterocycles. The summed E-state index contributed by atoms with van der Waals surface area (Å²) in [4.78, 5) is 0. The molecule has 0 bridgehead atoms. The number of hydrogen-bond acceptors (Lipinski definition) is 1. The molecule has 0 amide bonds. The number of hydrogen-bond donors (Lipinski definition) is 1. The first-order valence-electron chi connectivity index (χ1n) is 6.38. The minimum Gasteiger partial charge on any atom is -0.317 e. The maximum absolute atomic E-state index is 3.53. The Morgan fingerprint density at radius 3 is 2.36 bits per heavy atom. The molecule has 1 heteroatoms. The average molecular weight is 197 g/mol. The Labute approximate surface area is 89.7 Å². The Kier molecular flexibility index (Phi) is 4.94. The van der Waals surface area contributed by atoms with E-state index in [1.165, 1.54) is 32.1 Å². The standard InChI is InChI=1S/C13H27N/c1-5-11-12(10(2)3)8-6-7-9-13(11)14-4/h10-14H,5-9H2,1-4H3. The molecule has 0 radical (unpaired) electrons. The molecule has 3 unspecified atom stereocenters. The Bertz CT molecular complexity index is 153. The fourth-order valence-electron chi connectivity index (χ4n) is 3.24. The third-order valence-electron chi connectivity index (χ3n) is 4.07. The summed E-state index contributed by atoms with van der Waals surface area (Å²) < 4.78 is 0. The Hall–Kier alpha value is -0.0400. The highest BCUT2D eigenvalue weighted by atomic mass is 14.9. The van der Waals surface area contributed by atoms with Gasteiger partial charge in [0, 0.05) is 6.04 Å². The fraction of sp³-hybridized carbons (Fsp3) is 1.00. The van der Waals surface area contributed by atoms with Crippen LogP contribution in [0, 0.1) is 17.8 Å². The average Bonchev–Trinajstić information content (AvgIpc) is 2.38. The molecule has 0 aliphatic heterocycles. The van der Waals surface area contributed by atoms with Gasteiger partial charge in [0.15, 0.2) is 0 Å². The van der Waals surface area contributed by atoms with Gasteiger partial charge in [-0.25, -0.2) is 0 Å². The molecule has 1 aliphatic rings. The molecule has 14 heavy (non-hydrogen) atoms. The van der Waals surface area contributed by atoms with E-state index in [1.54, 1.807) is 0 Å². The van der Waals surface area contributed by atoms with Gasteiger partial charge in [0.2, 0.25) is 0 Å². The van der Waals surface area contributed by atoms with Crippen molar-refractivity contribution in [2.45, 2.75) is 58.9 Å². The molecule has 0 aromatic heterocycles. The van der Waals surface area contributed by atoms with E-state index in [0.717, 1.165) is 23.8 Å². The Morgan fingerprint density at radius 2 is 1.86 bits per heavy atom. The lowest BCUT2D eigenvalue weighted by atomic mass is 9.76. The molecule has 1 saturated carbocycles. The van der Waals surface area contributed by atoms with Crippen molar-refractivity contribution in [3.8, 4) is 0 Å². The van der Waals surface area contributed by atoms with Crippen LogP contribution in [-0.2, 0) is 0 Å². The monoisotopic (exact) mass is 197 g/mol. The number of rotatable bonds is 3. The zero-order valence-electron chi connectivity index (χ0n) is 10.3. The molecule has 0 spiro atoms. The van der Waals surface area contributed by atoms with Gasteiger partial charge in [-0.05, 0) is 37.6 Å². The van der Waals surface area contributed by atoms with Gasteiger partial charge in [-0.1, -0.05) is 40.0 Å². The van der Waals surface area contributed by atoms with Gasteiger partial charge in [-0.2, -0.15) is 0 Å². The number of nitrogens with one attached hydrogen (secondary N) is 1.